The number of hydrogen-bond acceptors (Lipinski definition) is 4. The van der Waals surface area contributed by atoms with Crippen molar-refractivity contribution in [3.05, 3.63) is 45.3 Å². The lowest BCUT2D eigenvalue weighted by Crippen LogP contribution is -2.29. The van der Waals surface area contributed by atoms with E-state index in [4.69, 9.17) is 4.52 Å². The van der Waals surface area contributed by atoms with E-state index in [1.54, 1.807) is 19.1 Å². The Balaban J connectivity index is 2.04. The molecule has 102 valence electrons. The van der Waals surface area contributed by atoms with Gasteiger partial charge in [-0.1, -0.05) is 21.1 Å². The van der Waals surface area contributed by atoms with Crippen LogP contribution in [-0.4, -0.2) is 16.8 Å². The minimum Gasteiger partial charge on any atom is -0.361 e. The molecule has 0 saturated heterocycles. The van der Waals surface area contributed by atoms with Crippen LogP contribution in [0.15, 0.2) is 27.2 Å². The predicted octanol–water partition coefficient (Wildman–Crippen LogP) is 2.78. The van der Waals surface area contributed by atoms with Crippen LogP contribution < -0.4 is 4.90 Å². The summed E-state index contributed by atoms with van der Waals surface area (Å²) in [7, 11) is 0. The number of carbonyl (C=O) groups excluding carboxylic acids is 2. The third kappa shape index (κ3) is 1.87. The molecule has 6 heteroatoms. The zero-order valence-corrected chi connectivity index (χ0v) is 12.5. The van der Waals surface area contributed by atoms with Gasteiger partial charge >= 0.3 is 0 Å². The normalized spacial score (nSPS) is 14.1. The molecule has 2 aromatic rings. The molecule has 5 nitrogen and oxygen atoms in total. The standard InChI is InChI=1S/C14H11BrN2O3/c1-7-11(8(2)20-16-7)6-17-12-4-3-9(15)5-10(12)13(18)14(17)19/h3-5H,6H2,1-2H3. The van der Waals surface area contributed by atoms with Gasteiger partial charge in [0, 0.05) is 10.0 Å². The number of rotatable bonds is 2. The van der Waals surface area contributed by atoms with Gasteiger partial charge in [-0.2, -0.15) is 0 Å². The van der Waals surface area contributed by atoms with E-state index >= 15 is 0 Å². The highest BCUT2D eigenvalue weighted by atomic mass is 79.9. The second-order valence-electron chi connectivity index (χ2n) is 4.68. The van der Waals surface area contributed by atoms with Crippen LogP contribution in [0.4, 0.5) is 5.69 Å². The predicted molar refractivity (Wildman–Crippen MR) is 75.6 cm³/mol. The Kier molecular flexibility index (Phi) is 2.97. The largest absolute Gasteiger partial charge is 0.361 e. The summed E-state index contributed by atoms with van der Waals surface area (Å²) in [6.07, 6.45) is 0. The molecular weight excluding hydrogens is 324 g/mol. The average Bonchev–Trinajstić information content (AvgIpc) is 2.85. The van der Waals surface area contributed by atoms with E-state index in [1.807, 2.05) is 13.0 Å². The number of Topliss-reactive ketones (excluding diaryl/α,β-unsaturated/α-hetero) is 1. The summed E-state index contributed by atoms with van der Waals surface area (Å²) in [6.45, 7) is 3.90. The molecule has 1 aromatic heterocycles. The van der Waals surface area contributed by atoms with Gasteiger partial charge in [-0.3, -0.25) is 9.59 Å². The van der Waals surface area contributed by atoms with Gasteiger partial charge in [0.1, 0.15) is 5.76 Å². The maximum absolute atomic E-state index is 12.1. The molecule has 2 heterocycles. The van der Waals surface area contributed by atoms with Crippen LogP contribution in [0.25, 0.3) is 0 Å². The van der Waals surface area contributed by atoms with E-state index in [-0.39, 0.29) is 0 Å². The van der Waals surface area contributed by atoms with E-state index in [1.165, 1.54) is 4.90 Å². The molecule has 0 fully saturated rings. The number of aryl methyl sites for hydroxylation is 2. The number of nitrogens with zero attached hydrogens (tertiary/aromatic N) is 2. The molecule has 0 radical (unpaired) electrons. The number of amides is 1. The monoisotopic (exact) mass is 334 g/mol. The third-order valence-electron chi connectivity index (χ3n) is 3.43. The van der Waals surface area contributed by atoms with Crippen LogP contribution in [0.1, 0.15) is 27.4 Å². The summed E-state index contributed by atoms with van der Waals surface area (Å²) in [5.74, 6) is -0.334. The fraction of sp³-hybridized carbons (Fsp3) is 0.214. The minimum absolute atomic E-state index is 0.292. The minimum atomic E-state index is -0.516. The molecule has 0 unspecified atom stereocenters. The van der Waals surface area contributed by atoms with Crippen molar-refractivity contribution >= 4 is 33.3 Å². The zero-order valence-electron chi connectivity index (χ0n) is 10.9. The Morgan fingerprint density at radius 3 is 2.70 bits per heavy atom. The maximum Gasteiger partial charge on any atom is 0.299 e. The summed E-state index contributed by atoms with van der Waals surface area (Å²) in [6, 6.07) is 5.24. The highest BCUT2D eigenvalue weighted by molar-refractivity contribution is 9.10. The first kappa shape index (κ1) is 13.1. The molecule has 0 atom stereocenters. The quantitative estimate of drug-likeness (QED) is 0.792. The van der Waals surface area contributed by atoms with Gasteiger partial charge in [-0.25, -0.2) is 0 Å². The molecule has 0 N–H and O–H groups in total. The number of hydrogen-bond donors (Lipinski definition) is 0. The van der Waals surface area contributed by atoms with Crippen molar-refractivity contribution in [3.63, 3.8) is 0 Å². The van der Waals surface area contributed by atoms with Crippen molar-refractivity contribution < 1.29 is 14.1 Å². The van der Waals surface area contributed by atoms with Crippen molar-refractivity contribution in [2.24, 2.45) is 0 Å². The van der Waals surface area contributed by atoms with E-state index in [0.29, 0.717) is 23.6 Å². The number of aromatic nitrogens is 1. The molecule has 1 aromatic carbocycles. The number of anilines is 1. The van der Waals surface area contributed by atoms with E-state index in [2.05, 4.69) is 21.1 Å². The van der Waals surface area contributed by atoms with Crippen LogP contribution in [0.2, 0.25) is 0 Å². The summed E-state index contributed by atoms with van der Waals surface area (Å²) in [4.78, 5) is 25.6. The molecule has 1 amide bonds. The first-order chi connectivity index (χ1) is 9.49. The van der Waals surface area contributed by atoms with Crippen LogP contribution in [-0.2, 0) is 11.3 Å². The number of carbonyl (C=O) groups is 2. The van der Waals surface area contributed by atoms with Crippen molar-refractivity contribution in [3.8, 4) is 0 Å². The number of ketones is 1. The average molecular weight is 335 g/mol. The van der Waals surface area contributed by atoms with Gasteiger partial charge in [0.15, 0.2) is 0 Å². The first-order valence-corrected chi connectivity index (χ1v) is 6.86. The van der Waals surface area contributed by atoms with Gasteiger partial charge in [0.05, 0.1) is 23.5 Å². The fourth-order valence-corrected chi connectivity index (χ4v) is 2.68. The van der Waals surface area contributed by atoms with Gasteiger partial charge in [-0.15, -0.1) is 0 Å². The molecule has 0 spiro atoms. The van der Waals surface area contributed by atoms with Gasteiger partial charge < -0.3 is 9.42 Å². The summed E-state index contributed by atoms with van der Waals surface area (Å²) in [5.41, 5.74) is 2.62. The van der Waals surface area contributed by atoms with Crippen molar-refractivity contribution in [2.45, 2.75) is 20.4 Å². The number of fused-ring (bicyclic) bond motifs is 1. The molecule has 1 aliphatic heterocycles. The Bertz CT molecular complexity index is 717. The summed E-state index contributed by atoms with van der Waals surface area (Å²) < 4.78 is 5.87. The molecule has 0 saturated carbocycles. The molecule has 1 aliphatic rings. The fourth-order valence-electron chi connectivity index (χ4n) is 2.32. The van der Waals surface area contributed by atoms with Crippen molar-refractivity contribution in [1.29, 1.82) is 0 Å². The first-order valence-electron chi connectivity index (χ1n) is 6.06. The van der Waals surface area contributed by atoms with Crippen LogP contribution in [0, 0.1) is 13.8 Å². The van der Waals surface area contributed by atoms with Crippen molar-refractivity contribution in [1.82, 2.24) is 5.16 Å². The highest BCUT2D eigenvalue weighted by Gasteiger charge is 2.36. The van der Waals surface area contributed by atoms with E-state index in [9.17, 15) is 9.59 Å². The summed E-state index contributed by atoms with van der Waals surface area (Å²) in [5, 5.41) is 3.87. The van der Waals surface area contributed by atoms with E-state index < -0.39 is 11.7 Å². The lowest BCUT2D eigenvalue weighted by atomic mass is 10.1. The third-order valence-corrected chi connectivity index (χ3v) is 3.92. The molecular formula is C14H11BrN2O3. The smallest absolute Gasteiger partial charge is 0.299 e. The van der Waals surface area contributed by atoms with Crippen LogP contribution in [0.5, 0.6) is 0 Å². The van der Waals surface area contributed by atoms with Crippen LogP contribution >= 0.6 is 15.9 Å². The Morgan fingerprint density at radius 2 is 2.05 bits per heavy atom. The Labute approximate surface area is 123 Å². The molecule has 0 bridgehead atoms. The maximum atomic E-state index is 12.1. The molecule has 0 aliphatic carbocycles. The second-order valence-corrected chi connectivity index (χ2v) is 5.60. The number of benzene rings is 1. The van der Waals surface area contributed by atoms with Crippen molar-refractivity contribution in [2.75, 3.05) is 4.90 Å². The van der Waals surface area contributed by atoms with Gasteiger partial charge in [-0.05, 0) is 32.0 Å². The Morgan fingerprint density at radius 1 is 1.30 bits per heavy atom. The summed E-state index contributed by atoms with van der Waals surface area (Å²) >= 11 is 3.31. The lowest BCUT2D eigenvalue weighted by Gasteiger charge is -2.16. The van der Waals surface area contributed by atoms with E-state index in [0.717, 1.165) is 15.7 Å². The Hall–Kier alpha value is -1.95. The van der Waals surface area contributed by atoms with Gasteiger partial charge in [0.2, 0.25) is 0 Å². The number of halogens is 1. The second kappa shape index (κ2) is 4.56. The highest BCUT2D eigenvalue weighted by Crippen LogP contribution is 2.33. The molecule has 3 rings (SSSR count). The lowest BCUT2D eigenvalue weighted by molar-refractivity contribution is -0.114. The topological polar surface area (TPSA) is 63.4 Å². The van der Waals surface area contributed by atoms with Gasteiger partial charge in [0.25, 0.3) is 11.7 Å². The van der Waals surface area contributed by atoms with Crippen LogP contribution in [0.3, 0.4) is 0 Å². The molecule has 20 heavy (non-hydrogen) atoms. The SMILES string of the molecule is Cc1noc(C)c1CN1C(=O)C(=O)c2cc(Br)ccc21. The zero-order chi connectivity index (χ0) is 14.4.